The molecule has 1 heterocycles. The molecule has 2 aromatic carbocycles. The first-order valence-corrected chi connectivity index (χ1v) is 16.5. The maximum Gasteiger partial charge on any atom is 0.258 e. The summed E-state index contributed by atoms with van der Waals surface area (Å²) >= 11 is 0. The van der Waals surface area contributed by atoms with Crippen molar-refractivity contribution in [3.8, 4) is 5.75 Å². The lowest BCUT2D eigenvalue weighted by molar-refractivity contribution is -0.131. The van der Waals surface area contributed by atoms with Gasteiger partial charge in [-0.3, -0.25) is 14.4 Å². The quantitative estimate of drug-likeness (QED) is 0.374. The Morgan fingerprint density at radius 1 is 1.09 bits per heavy atom. The van der Waals surface area contributed by atoms with Crippen molar-refractivity contribution in [2.24, 2.45) is 5.92 Å². The first kappa shape index (κ1) is 37.0. The van der Waals surface area contributed by atoms with Gasteiger partial charge in [0.2, 0.25) is 11.8 Å². The van der Waals surface area contributed by atoms with E-state index in [1.807, 2.05) is 63.2 Å². The number of carbonyl (C=O) groups excluding carboxylic acids is 3. The topological polar surface area (TPSA) is 112 Å². The minimum absolute atomic E-state index is 0.00532. The molecule has 0 saturated carbocycles. The predicted molar refractivity (Wildman–Crippen MR) is 181 cm³/mol. The summed E-state index contributed by atoms with van der Waals surface area (Å²) < 4.78 is 12.7. The largest absolute Gasteiger partial charge is 0.490 e. The zero-order chi connectivity index (χ0) is 33.6. The molecule has 0 radical (unpaired) electrons. The zero-order valence-corrected chi connectivity index (χ0v) is 28.5. The number of likely N-dealkylation sites (N-methyl/N-ethyl adjacent to an activating group) is 1. The molecule has 3 amide bonds. The van der Waals surface area contributed by atoms with Crippen LogP contribution in [0.4, 0.5) is 5.69 Å². The van der Waals surface area contributed by atoms with Crippen LogP contribution in [-0.4, -0.2) is 110 Å². The first-order chi connectivity index (χ1) is 22.0. The van der Waals surface area contributed by atoms with E-state index in [2.05, 4.69) is 5.32 Å². The second-order valence-electron chi connectivity index (χ2n) is 12.9. The van der Waals surface area contributed by atoms with Crippen molar-refractivity contribution in [3.63, 3.8) is 0 Å². The van der Waals surface area contributed by atoms with Gasteiger partial charge in [0.25, 0.3) is 5.91 Å². The molecule has 3 rings (SSSR count). The predicted octanol–water partition coefficient (Wildman–Crippen LogP) is 4.46. The molecule has 2 N–H and O–H groups in total. The van der Waals surface area contributed by atoms with E-state index in [4.69, 9.17) is 9.47 Å². The van der Waals surface area contributed by atoms with Crippen LogP contribution in [0.3, 0.4) is 0 Å². The average molecular weight is 639 g/mol. The molecule has 0 spiro atoms. The third-order valence-electron chi connectivity index (χ3n) is 8.42. The molecule has 254 valence electrons. The highest BCUT2D eigenvalue weighted by Crippen LogP contribution is 2.28. The number of aliphatic hydroxyl groups is 1. The Labute approximate surface area is 275 Å². The molecule has 0 aromatic heterocycles. The van der Waals surface area contributed by atoms with Crippen LogP contribution < -0.4 is 10.1 Å². The number of aliphatic hydroxyl groups excluding tert-OH is 1. The van der Waals surface area contributed by atoms with Crippen molar-refractivity contribution >= 4 is 23.4 Å². The molecular weight excluding hydrogens is 584 g/mol. The average Bonchev–Trinajstić information content (AvgIpc) is 3.02. The molecule has 46 heavy (non-hydrogen) atoms. The van der Waals surface area contributed by atoms with E-state index in [0.29, 0.717) is 49.5 Å². The number of nitrogens with one attached hydrogen (secondary N) is 1. The second kappa shape index (κ2) is 18.6. The van der Waals surface area contributed by atoms with Crippen molar-refractivity contribution in [2.45, 2.75) is 77.5 Å². The summed E-state index contributed by atoms with van der Waals surface area (Å²) in [4.78, 5) is 45.5. The van der Waals surface area contributed by atoms with Crippen LogP contribution in [0.1, 0.15) is 68.8 Å². The minimum atomic E-state index is -0.490. The lowest BCUT2D eigenvalue weighted by Crippen LogP contribution is -2.48. The fraction of sp³-hybridized carbons (Fsp3) is 0.583. The number of hydrogen-bond acceptors (Lipinski definition) is 7. The Hall–Kier alpha value is -3.47. The van der Waals surface area contributed by atoms with Gasteiger partial charge in [-0.2, -0.15) is 0 Å². The van der Waals surface area contributed by atoms with Crippen molar-refractivity contribution in [1.29, 1.82) is 0 Å². The monoisotopic (exact) mass is 638 g/mol. The van der Waals surface area contributed by atoms with Crippen LogP contribution >= 0.6 is 0 Å². The lowest BCUT2D eigenvalue weighted by Gasteiger charge is -2.36. The fourth-order valence-electron chi connectivity index (χ4n) is 5.52. The van der Waals surface area contributed by atoms with Crippen LogP contribution in [0.25, 0.3) is 0 Å². The molecule has 2 aromatic rings. The van der Waals surface area contributed by atoms with Gasteiger partial charge in [-0.1, -0.05) is 37.3 Å². The summed E-state index contributed by atoms with van der Waals surface area (Å²) in [6.45, 7) is 7.57. The Morgan fingerprint density at radius 2 is 1.83 bits per heavy atom. The Morgan fingerprint density at radius 3 is 2.52 bits per heavy atom. The van der Waals surface area contributed by atoms with Crippen LogP contribution in [0.15, 0.2) is 48.5 Å². The van der Waals surface area contributed by atoms with Crippen LogP contribution in [0.5, 0.6) is 5.75 Å². The molecule has 0 aliphatic carbocycles. The number of fused-ring (bicyclic) bond motifs is 1. The normalized spacial score (nSPS) is 20.3. The molecule has 0 unspecified atom stereocenters. The molecule has 4 atom stereocenters. The van der Waals surface area contributed by atoms with E-state index in [0.717, 1.165) is 37.8 Å². The summed E-state index contributed by atoms with van der Waals surface area (Å²) in [6, 6.07) is 14.4. The highest BCUT2D eigenvalue weighted by Gasteiger charge is 2.31. The lowest BCUT2D eigenvalue weighted by atomic mass is 10.0. The van der Waals surface area contributed by atoms with E-state index in [1.54, 1.807) is 42.0 Å². The first-order valence-electron chi connectivity index (χ1n) is 16.5. The van der Waals surface area contributed by atoms with Crippen LogP contribution in [0, 0.1) is 5.92 Å². The maximum absolute atomic E-state index is 14.3. The number of anilines is 1. The van der Waals surface area contributed by atoms with Crippen molar-refractivity contribution in [1.82, 2.24) is 14.7 Å². The molecule has 0 bridgehead atoms. The fourth-order valence-corrected chi connectivity index (χ4v) is 5.52. The Balaban J connectivity index is 1.86. The number of amides is 3. The maximum atomic E-state index is 14.3. The number of benzene rings is 2. The number of nitrogens with zero attached hydrogens (tertiary/aromatic N) is 3. The summed E-state index contributed by atoms with van der Waals surface area (Å²) in [6.07, 6.45) is 3.39. The van der Waals surface area contributed by atoms with Gasteiger partial charge < -0.3 is 34.6 Å². The van der Waals surface area contributed by atoms with E-state index >= 15 is 0 Å². The molecule has 0 fully saturated rings. The third-order valence-corrected chi connectivity index (χ3v) is 8.42. The van der Waals surface area contributed by atoms with E-state index in [1.165, 1.54) is 0 Å². The van der Waals surface area contributed by atoms with E-state index in [9.17, 15) is 19.5 Å². The van der Waals surface area contributed by atoms with Crippen LogP contribution in [0.2, 0.25) is 0 Å². The smallest absolute Gasteiger partial charge is 0.258 e. The standard InChI is InChI=1S/C36H54N4O6/c1-26-23-40(27(2)25-41)36(44)31-22-30(37-34(42)16-12-19-38(4)5)17-18-32(31)46-28(3)13-10-11-20-45-33(26)24-39(6)35(43)21-29-14-8-7-9-15-29/h7-9,14-15,17-18,22,26-28,33,41H,10-13,16,19-21,23-25H2,1-6H3,(H,37,42)/t26-,27+,28-,33+/m0/s1. The third kappa shape index (κ3) is 11.7. The van der Waals surface area contributed by atoms with Gasteiger partial charge in [-0.25, -0.2) is 0 Å². The highest BCUT2D eigenvalue weighted by atomic mass is 16.5. The van der Waals surface area contributed by atoms with E-state index in [-0.39, 0.29) is 42.5 Å². The molecule has 0 saturated heterocycles. The van der Waals surface area contributed by atoms with Crippen molar-refractivity contribution < 1.29 is 29.0 Å². The van der Waals surface area contributed by atoms with Gasteiger partial charge >= 0.3 is 0 Å². The summed E-state index contributed by atoms with van der Waals surface area (Å²) in [7, 11) is 5.73. The van der Waals surface area contributed by atoms with Gasteiger partial charge in [0.15, 0.2) is 0 Å². The number of ether oxygens (including phenoxy) is 2. The number of hydrogen-bond donors (Lipinski definition) is 2. The Kier molecular flexibility index (Phi) is 15.0. The van der Waals surface area contributed by atoms with Crippen molar-refractivity contribution in [2.75, 3.05) is 59.3 Å². The van der Waals surface area contributed by atoms with E-state index < -0.39 is 6.04 Å². The second-order valence-corrected chi connectivity index (χ2v) is 12.9. The number of rotatable bonds is 11. The Bertz CT molecular complexity index is 1260. The van der Waals surface area contributed by atoms with Crippen LogP contribution in [-0.2, 0) is 20.7 Å². The number of carbonyl (C=O) groups is 3. The van der Waals surface area contributed by atoms with Gasteiger partial charge in [-0.05, 0) is 83.9 Å². The van der Waals surface area contributed by atoms with Gasteiger partial charge in [0, 0.05) is 44.8 Å². The molecular formula is C36H54N4O6. The SMILES string of the molecule is C[C@H](CO)N1C[C@H](C)[C@@H](CN(C)C(=O)Cc2ccccc2)OCCCC[C@H](C)Oc2ccc(NC(=O)CCCN(C)C)cc2C1=O. The van der Waals surface area contributed by atoms with Gasteiger partial charge in [0.1, 0.15) is 5.75 Å². The summed E-state index contributed by atoms with van der Waals surface area (Å²) in [5.41, 5.74) is 1.80. The highest BCUT2D eigenvalue weighted by molar-refractivity contribution is 5.99. The molecule has 10 heteroatoms. The zero-order valence-electron chi connectivity index (χ0n) is 28.5. The molecule has 1 aliphatic heterocycles. The molecule has 1 aliphatic rings. The summed E-state index contributed by atoms with van der Waals surface area (Å²) in [5.74, 6) is -0.139. The van der Waals surface area contributed by atoms with Gasteiger partial charge in [-0.15, -0.1) is 0 Å². The van der Waals surface area contributed by atoms with Gasteiger partial charge in [0.05, 0.1) is 36.8 Å². The van der Waals surface area contributed by atoms with Crippen molar-refractivity contribution in [3.05, 3.63) is 59.7 Å². The molecule has 10 nitrogen and oxygen atoms in total. The minimum Gasteiger partial charge on any atom is -0.490 e. The summed E-state index contributed by atoms with van der Waals surface area (Å²) in [5, 5.41) is 13.1.